The van der Waals surface area contributed by atoms with Gasteiger partial charge in [-0.2, -0.15) is 0 Å². The van der Waals surface area contributed by atoms with Crippen LogP contribution in [0, 0.1) is 5.92 Å². The van der Waals surface area contributed by atoms with Crippen molar-refractivity contribution in [3.05, 3.63) is 40.2 Å². The van der Waals surface area contributed by atoms with Crippen LogP contribution in [0.4, 0.5) is 0 Å². The first-order valence-electron chi connectivity index (χ1n) is 9.82. The molecule has 2 unspecified atom stereocenters. The SMILES string of the molecule is CCc1sc(C2COCCC2CS(=O)(=O)C(C)(C)C(N)=O)nc1-c1ccccc1. The molecule has 1 aromatic carbocycles. The van der Waals surface area contributed by atoms with Crippen LogP contribution in [0.1, 0.15) is 43.0 Å². The minimum absolute atomic E-state index is 0.0985. The first kappa shape index (κ1) is 21.9. The third kappa shape index (κ3) is 4.39. The Kier molecular flexibility index (Phi) is 6.45. The summed E-state index contributed by atoms with van der Waals surface area (Å²) in [5, 5.41) is 0.900. The molecule has 2 aromatic rings. The third-order valence-corrected chi connectivity index (χ3v) is 9.66. The molecule has 0 bridgehead atoms. The monoisotopic (exact) mass is 436 g/mol. The summed E-state index contributed by atoms with van der Waals surface area (Å²) in [4.78, 5) is 17.8. The molecule has 0 radical (unpaired) electrons. The van der Waals surface area contributed by atoms with Crippen molar-refractivity contribution in [2.24, 2.45) is 11.7 Å². The Hall–Kier alpha value is -1.77. The molecular formula is C21H28N2O4S2. The van der Waals surface area contributed by atoms with E-state index >= 15 is 0 Å². The maximum atomic E-state index is 12.9. The van der Waals surface area contributed by atoms with E-state index in [-0.39, 0.29) is 17.6 Å². The van der Waals surface area contributed by atoms with Gasteiger partial charge in [0.15, 0.2) is 9.84 Å². The number of aryl methyl sites for hydroxylation is 1. The van der Waals surface area contributed by atoms with Gasteiger partial charge in [-0.15, -0.1) is 11.3 Å². The summed E-state index contributed by atoms with van der Waals surface area (Å²) in [6.07, 6.45) is 1.47. The Morgan fingerprint density at radius 1 is 1.31 bits per heavy atom. The van der Waals surface area contributed by atoms with Crippen LogP contribution in [0.3, 0.4) is 0 Å². The number of aromatic nitrogens is 1. The maximum Gasteiger partial charge on any atom is 0.238 e. The quantitative estimate of drug-likeness (QED) is 0.719. The van der Waals surface area contributed by atoms with Gasteiger partial charge in [0.05, 0.1) is 23.1 Å². The predicted molar refractivity (Wildman–Crippen MR) is 116 cm³/mol. The van der Waals surface area contributed by atoms with E-state index in [0.717, 1.165) is 22.7 Å². The van der Waals surface area contributed by atoms with Crippen LogP contribution in [0.2, 0.25) is 0 Å². The molecule has 0 aliphatic carbocycles. The third-order valence-electron chi connectivity index (χ3n) is 5.70. The molecule has 0 spiro atoms. The van der Waals surface area contributed by atoms with Gasteiger partial charge in [0.25, 0.3) is 0 Å². The molecule has 2 N–H and O–H groups in total. The fourth-order valence-electron chi connectivity index (χ4n) is 3.49. The van der Waals surface area contributed by atoms with Crippen molar-refractivity contribution in [1.82, 2.24) is 4.98 Å². The molecular weight excluding hydrogens is 408 g/mol. The van der Waals surface area contributed by atoms with E-state index in [2.05, 4.69) is 6.92 Å². The highest BCUT2D eigenvalue weighted by Gasteiger charge is 2.43. The summed E-state index contributed by atoms with van der Waals surface area (Å²) in [6.45, 7) is 5.79. The highest BCUT2D eigenvalue weighted by Crippen LogP contribution is 2.39. The number of hydrogen-bond acceptors (Lipinski definition) is 6. The molecule has 2 atom stereocenters. The fourth-order valence-corrected chi connectivity index (χ4v) is 6.38. The number of rotatable bonds is 7. The fraction of sp³-hybridized carbons (Fsp3) is 0.524. The van der Waals surface area contributed by atoms with Crippen LogP contribution < -0.4 is 5.73 Å². The average molecular weight is 437 g/mol. The summed E-state index contributed by atoms with van der Waals surface area (Å²) in [5.41, 5.74) is 7.37. The van der Waals surface area contributed by atoms with Crippen molar-refractivity contribution >= 4 is 27.1 Å². The molecule has 0 saturated carbocycles. The molecule has 3 rings (SSSR count). The second-order valence-electron chi connectivity index (χ2n) is 7.93. The zero-order valence-corrected chi connectivity index (χ0v) is 18.7. The standard InChI is InChI=1S/C21H28N2O4S2/c1-4-17-18(14-8-6-5-7-9-14)23-19(28-17)16-12-27-11-10-15(16)13-29(25,26)21(2,3)20(22)24/h5-9,15-16H,4,10-13H2,1-3H3,(H2,22,24). The largest absolute Gasteiger partial charge is 0.381 e. The van der Waals surface area contributed by atoms with Crippen molar-refractivity contribution in [3.63, 3.8) is 0 Å². The minimum atomic E-state index is -3.71. The Labute approximate surface area is 176 Å². The summed E-state index contributed by atoms with van der Waals surface area (Å²) in [6, 6.07) is 10.0. The van der Waals surface area contributed by atoms with Gasteiger partial charge < -0.3 is 10.5 Å². The summed E-state index contributed by atoms with van der Waals surface area (Å²) >= 11 is 1.63. The number of carbonyl (C=O) groups is 1. The number of benzene rings is 1. The number of carbonyl (C=O) groups excluding carboxylic acids is 1. The molecule has 29 heavy (non-hydrogen) atoms. The topological polar surface area (TPSA) is 99.4 Å². The Morgan fingerprint density at radius 2 is 2.00 bits per heavy atom. The van der Waals surface area contributed by atoms with Crippen LogP contribution in [0.15, 0.2) is 30.3 Å². The van der Waals surface area contributed by atoms with Crippen LogP contribution in [-0.4, -0.2) is 43.0 Å². The smallest absolute Gasteiger partial charge is 0.238 e. The molecule has 1 aliphatic rings. The van der Waals surface area contributed by atoms with Gasteiger partial charge in [-0.25, -0.2) is 13.4 Å². The van der Waals surface area contributed by atoms with Crippen LogP contribution in [0.5, 0.6) is 0 Å². The molecule has 2 heterocycles. The summed E-state index contributed by atoms with van der Waals surface area (Å²) < 4.78 is 29.9. The molecule has 158 valence electrons. The predicted octanol–water partition coefficient (Wildman–Crippen LogP) is 3.17. The number of primary amides is 1. The van der Waals surface area contributed by atoms with Crippen molar-refractivity contribution in [3.8, 4) is 11.3 Å². The number of thiazole rings is 1. The number of sulfone groups is 1. The van der Waals surface area contributed by atoms with E-state index in [1.807, 2.05) is 30.3 Å². The van der Waals surface area contributed by atoms with Gasteiger partial charge in [-0.1, -0.05) is 37.3 Å². The first-order valence-corrected chi connectivity index (χ1v) is 12.3. The minimum Gasteiger partial charge on any atom is -0.381 e. The van der Waals surface area contributed by atoms with E-state index in [4.69, 9.17) is 15.5 Å². The Bertz CT molecular complexity index is 968. The van der Waals surface area contributed by atoms with E-state index in [1.54, 1.807) is 11.3 Å². The van der Waals surface area contributed by atoms with Crippen LogP contribution >= 0.6 is 11.3 Å². The number of amides is 1. The first-order chi connectivity index (χ1) is 13.7. The number of nitrogens with two attached hydrogens (primary N) is 1. The second-order valence-corrected chi connectivity index (χ2v) is 11.6. The maximum absolute atomic E-state index is 12.9. The van der Waals surface area contributed by atoms with Crippen molar-refractivity contribution in [2.45, 2.75) is 44.3 Å². The number of hydrogen-bond donors (Lipinski definition) is 1. The van der Waals surface area contributed by atoms with Crippen molar-refractivity contribution in [2.75, 3.05) is 19.0 Å². The van der Waals surface area contributed by atoms with Gasteiger partial charge >= 0.3 is 0 Å². The molecule has 8 heteroatoms. The van der Waals surface area contributed by atoms with Crippen molar-refractivity contribution in [1.29, 1.82) is 0 Å². The van der Waals surface area contributed by atoms with E-state index in [1.165, 1.54) is 18.7 Å². The molecule has 6 nitrogen and oxygen atoms in total. The second kappa shape index (κ2) is 8.53. The number of ether oxygens (including phenoxy) is 1. The lowest BCUT2D eigenvalue weighted by Gasteiger charge is -2.32. The van der Waals surface area contributed by atoms with Gasteiger partial charge in [0.2, 0.25) is 5.91 Å². The average Bonchev–Trinajstić information content (AvgIpc) is 3.13. The lowest BCUT2D eigenvalue weighted by atomic mass is 9.90. The lowest BCUT2D eigenvalue weighted by Crippen LogP contribution is -2.48. The molecule has 1 saturated heterocycles. The molecule has 1 aliphatic heterocycles. The zero-order valence-electron chi connectivity index (χ0n) is 17.1. The highest BCUT2D eigenvalue weighted by atomic mass is 32.2. The molecule has 1 fully saturated rings. The number of nitrogens with zero attached hydrogens (tertiary/aromatic N) is 1. The van der Waals surface area contributed by atoms with Gasteiger partial charge in [0.1, 0.15) is 4.75 Å². The van der Waals surface area contributed by atoms with E-state index in [9.17, 15) is 13.2 Å². The zero-order chi connectivity index (χ0) is 21.2. The normalized spacial score (nSPS) is 20.5. The molecule has 1 amide bonds. The summed E-state index contributed by atoms with van der Waals surface area (Å²) in [5.74, 6) is -1.20. The van der Waals surface area contributed by atoms with Gasteiger partial charge in [-0.3, -0.25) is 4.79 Å². The van der Waals surface area contributed by atoms with E-state index in [0.29, 0.717) is 19.6 Å². The molecule has 1 aromatic heterocycles. The Balaban J connectivity index is 1.93. The van der Waals surface area contributed by atoms with Crippen LogP contribution in [0.25, 0.3) is 11.3 Å². The van der Waals surface area contributed by atoms with Crippen molar-refractivity contribution < 1.29 is 17.9 Å². The van der Waals surface area contributed by atoms with Crippen LogP contribution in [-0.2, 0) is 25.8 Å². The highest BCUT2D eigenvalue weighted by molar-refractivity contribution is 7.93. The summed E-state index contributed by atoms with van der Waals surface area (Å²) in [7, 11) is -3.71. The van der Waals surface area contributed by atoms with Gasteiger partial charge in [-0.05, 0) is 32.6 Å². The Morgan fingerprint density at radius 3 is 2.62 bits per heavy atom. The van der Waals surface area contributed by atoms with Gasteiger partial charge in [0, 0.05) is 23.0 Å². The lowest BCUT2D eigenvalue weighted by molar-refractivity contribution is -0.119. The van der Waals surface area contributed by atoms with E-state index < -0.39 is 20.5 Å².